The van der Waals surface area contributed by atoms with Gasteiger partial charge in [0.2, 0.25) is 0 Å². The fourth-order valence-corrected chi connectivity index (χ4v) is 4.74. The number of carbonyl (C=O) groups is 1. The first-order valence-electron chi connectivity index (χ1n) is 9.66. The Kier molecular flexibility index (Phi) is 4.49. The molecule has 8 heteroatoms. The highest BCUT2D eigenvalue weighted by Crippen LogP contribution is 2.46. The molecule has 0 saturated heterocycles. The standard InChI is InChI=1S/C22H23BF2N2O3/c1-12-7-13(2)26-21(12)20(16-8-17(29-5)10-18(9-16)30-6)22-14(3)19(11-28)15(4)27(22)23(26,24)25/h7-11H,1-6H3. The van der Waals surface area contributed by atoms with Gasteiger partial charge in [-0.2, -0.15) is 0 Å². The molecule has 0 radical (unpaired) electrons. The fraction of sp³-hybridized carbons (Fsp3) is 0.273. The molecule has 1 aromatic heterocycles. The third-order valence-corrected chi connectivity index (χ3v) is 6.02. The van der Waals surface area contributed by atoms with Gasteiger partial charge in [-0.1, -0.05) is 0 Å². The third-order valence-electron chi connectivity index (χ3n) is 6.02. The molecule has 0 bridgehead atoms. The molecule has 4 rings (SSSR count). The van der Waals surface area contributed by atoms with Crippen molar-refractivity contribution < 1.29 is 27.4 Å². The molecule has 5 nitrogen and oxygen atoms in total. The van der Waals surface area contributed by atoms with Gasteiger partial charge in [-0.05, 0) is 55.8 Å². The second kappa shape index (κ2) is 6.69. The Bertz CT molecular complexity index is 1180. The van der Waals surface area contributed by atoms with Crippen molar-refractivity contribution in [2.24, 2.45) is 0 Å². The Morgan fingerprint density at radius 3 is 2.13 bits per heavy atom. The first kappa shape index (κ1) is 20.1. The van der Waals surface area contributed by atoms with Crippen LogP contribution in [0.2, 0.25) is 0 Å². The van der Waals surface area contributed by atoms with Gasteiger partial charge in [0, 0.05) is 24.3 Å². The highest BCUT2D eigenvalue weighted by Gasteiger charge is 2.56. The predicted octanol–water partition coefficient (Wildman–Crippen LogP) is 4.12. The third kappa shape index (κ3) is 2.52. The number of carbonyl (C=O) groups excluding carboxylic acids is 1. The summed E-state index contributed by atoms with van der Waals surface area (Å²) in [5.41, 5.74) is 4.38. The van der Waals surface area contributed by atoms with E-state index in [1.807, 2.05) is 6.92 Å². The van der Waals surface area contributed by atoms with Gasteiger partial charge in [-0.15, -0.1) is 0 Å². The van der Waals surface area contributed by atoms with Gasteiger partial charge in [-0.3, -0.25) is 4.79 Å². The van der Waals surface area contributed by atoms with Crippen LogP contribution in [0.1, 0.15) is 36.4 Å². The highest BCUT2D eigenvalue weighted by molar-refractivity contribution is 6.58. The number of aldehydes is 1. The van der Waals surface area contributed by atoms with E-state index in [9.17, 15) is 4.79 Å². The number of halogens is 2. The number of rotatable bonds is 4. The van der Waals surface area contributed by atoms with Crippen molar-refractivity contribution in [1.29, 1.82) is 0 Å². The Hall–Kier alpha value is -3.16. The minimum Gasteiger partial charge on any atom is -0.497 e. The van der Waals surface area contributed by atoms with E-state index in [4.69, 9.17) is 9.47 Å². The number of hydrogen-bond acceptors (Lipinski definition) is 3. The smallest absolute Gasteiger partial charge is 0.497 e. The van der Waals surface area contributed by atoms with Crippen LogP contribution in [0.15, 0.2) is 41.1 Å². The lowest BCUT2D eigenvalue weighted by molar-refractivity contribution is -0.363. The molecule has 0 fully saturated rings. The summed E-state index contributed by atoms with van der Waals surface area (Å²) in [4.78, 5) is 11.8. The summed E-state index contributed by atoms with van der Waals surface area (Å²) in [5, 5.41) is 0. The van der Waals surface area contributed by atoms with E-state index in [0.29, 0.717) is 57.2 Å². The van der Waals surface area contributed by atoms with E-state index >= 15 is 8.63 Å². The van der Waals surface area contributed by atoms with E-state index in [1.54, 1.807) is 59.3 Å². The molecule has 1 aromatic carbocycles. The summed E-state index contributed by atoms with van der Waals surface area (Å²) in [6.45, 7) is 2.61. The largest absolute Gasteiger partial charge is 0.737 e. The number of aryl methyl sites for hydroxylation is 2. The van der Waals surface area contributed by atoms with Crippen molar-refractivity contribution in [1.82, 2.24) is 4.48 Å². The van der Waals surface area contributed by atoms with Crippen molar-refractivity contribution in [3.63, 3.8) is 0 Å². The van der Waals surface area contributed by atoms with Crippen LogP contribution in [-0.4, -0.2) is 42.2 Å². The van der Waals surface area contributed by atoms with Crippen molar-refractivity contribution in [2.75, 3.05) is 14.2 Å². The number of nitrogens with zero attached hydrogens (tertiary/aromatic N) is 2. The fourth-order valence-electron chi connectivity index (χ4n) is 4.74. The molecule has 30 heavy (non-hydrogen) atoms. The highest BCUT2D eigenvalue weighted by atomic mass is 19.2. The van der Waals surface area contributed by atoms with Crippen molar-refractivity contribution in [2.45, 2.75) is 27.7 Å². The molecule has 2 aromatic rings. The lowest BCUT2D eigenvalue weighted by Crippen LogP contribution is -2.51. The molecule has 0 unspecified atom stereocenters. The minimum atomic E-state index is -4.17. The lowest BCUT2D eigenvalue weighted by atomic mass is 9.83. The Balaban J connectivity index is 2.21. The van der Waals surface area contributed by atoms with Crippen LogP contribution in [0.3, 0.4) is 0 Å². The van der Waals surface area contributed by atoms with Crippen LogP contribution in [0.5, 0.6) is 11.5 Å². The van der Waals surface area contributed by atoms with E-state index in [-0.39, 0.29) is 5.71 Å². The SMILES string of the molecule is COc1cc(OC)cc(C2=C3C(C)=C(C=O)C(C)=[N+]3[B-](F)(F)n3c(C)cc(C)c32)c1. The van der Waals surface area contributed by atoms with Gasteiger partial charge in [-0.25, -0.2) is 0 Å². The Labute approximate surface area is 174 Å². The lowest BCUT2D eigenvalue weighted by Gasteiger charge is -2.34. The molecule has 0 spiro atoms. The van der Waals surface area contributed by atoms with Gasteiger partial charge >= 0.3 is 6.97 Å². The minimum absolute atomic E-state index is 0.256. The van der Waals surface area contributed by atoms with Gasteiger partial charge < -0.3 is 27.1 Å². The normalized spacial score (nSPS) is 17.3. The number of fused-ring (bicyclic) bond motifs is 2. The summed E-state index contributed by atoms with van der Waals surface area (Å²) >= 11 is 0. The summed E-state index contributed by atoms with van der Waals surface area (Å²) in [6, 6.07) is 7.09. The van der Waals surface area contributed by atoms with Gasteiger partial charge in [0.05, 0.1) is 25.4 Å². The number of allylic oxidation sites excluding steroid dienone is 2. The molecule has 0 aliphatic carbocycles. The average Bonchev–Trinajstić information content (AvgIpc) is 3.15. The molecule has 0 atom stereocenters. The summed E-state index contributed by atoms with van der Waals surface area (Å²) < 4.78 is 44.6. The van der Waals surface area contributed by atoms with E-state index in [2.05, 4.69) is 0 Å². The molecule has 0 saturated carbocycles. The van der Waals surface area contributed by atoms with Gasteiger partial charge in [0.15, 0.2) is 12.0 Å². The van der Waals surface area contributed by atoms with Crippen molar-refractivity contribution in [3.05, 3.63) is 63.6 Å². The van der Waals surface area contributed by atoms with E-state index < -0.39 is 6.97 Å². The zero-order valence-corrected chi connectivity index (χ0v) is 17.8. The predicted molar refractivity (Wildman–Crippen MR) is 113 cm³/mol. The number of hydrogen-bond donors (Lipinski definition) is 0. The Morgan fingerprint density at radius 2 is 1.60 bits per heavy atom. The maximum Gasteiger partial charge on any atom is 0.737 e. The van der Waals surface area contributed by atoms with Crippen LogP contribution in [0, 0.1) is 13.8 Å². The maximum absolute atomic E-state index is 15.8. The molecule has 3 heterocycles. The summed E-state index contributed by atoms with van der Waals surface area (Å²) in [5.74, 6) is 1.10. The van der Waals surface area contributed by atoms with E-state index in [0.717, 1.165) is 14.5 Å². The maximum atomic E-state index is 15.8. The molecule has 0 amide bonds. The van der Waals surface area contributed by atoms with Gasteiger partial charge in [0.1, 0.15) is 17.2 Å². The van der Waals surface area contributed by atoms with Crippen molar-refractivity contribution in [3.8, 4) is 11.5 Å². The summed E-state index contributed by atoms with van der Waals surface area (Å²) in [7, 11) is 3.09. The van der Waals surface area contributed by atoms with Crippen LogP contribution >= 0.6 is 0 Å². The number of aromatic nitrogens is 1. The zero-order valence-electron chi connectivity index (χ0n) is 17.8. The van der Waals surface area contributed by atoms with Crippen molar-refractivity contribution >= 4 is 24.5 Å². The molecule has 156 valence electrons. The second-order valence-corrected chi connectivity index (χ2v) is 7.71. The van der Waals surface area contributed by atoms with Gasteiger partial charge in [0.25, 0.3) is 0 Å². The van der Waals surface area contributed by atoms with Crippen LogP contribution in [0.4, 0.5) is 8.63 Å². The molecular formula is C22H23BF2N2O3. The zero-order chi connectivity index (χ0) is 22.0. The average molecular weight is 412 g/mol. The van der Waals surface area contributed by atoms with Crippen LogP contribution in [-0.2, 0) is 4.79 Å². The summed E-state index contributed by atoms with van der Waals surface area (Å²) in [6.07, 6.45) is 0.654. The van der Waals surface area contributed by atoms with E-state index in [1.165, 1.54) is 0 Å². The van der Waals surface area contributed by atoms with Crippen LogP contribution < -0.4 is 9.47 Å². The number of benzene rings is 1. The monoisotopic (exact) mass is 412 g/mol. The molecule has 2 aliphatic rings. The second-order valence-electron chi connectivity index (χ2n) is 7.71. The topological polar surface area (TPSA) is 43.5 Å². The first-order valence-corrected chi connectivity index (χ1v) is 9.66. The number of ether oxygens (including phenoxy) is 2. The molecule has 2 aliphatic heterocycles. The first-order chi connectivity index (χ1) is 14.2. The van der Waals surface area contributed by atoms with Crippen LogP contribution in [0.25, 0.3) is 5.57 Å². The number of methoxy groups -OCH3 is 2. The quantitative estimate of drug-likeness (QED) is 0.561. The molecule has 0 N–H and O–H groups in total. The Morgan fingerprint density at radius 1 is 1.00 bits per heavy atom. The molecular weight excluding hydrogens is 389 g/mol.